The van der Waals surface area contributed by atoms with Gasteiger partial charge in [-0.2, -0.15) is 0 Å². The van der Waals surface area contributed by atoms with E-state index in [1.807, 2.05) is 12.1 Å². The van der Waals surface area contributed by atoms with Crippen LogP contribution in [0.4, 0.5) is 25.0 Å². The van der Waals surface area contributed by atoms with Crippen molar-refractivity contribution in [3.63, 3.8) is 0 Å². The summed E-state index contributed by atoms with van der Waals surface area (Å²) < 4.78 is 33.8. The van der Waals surface area contributed by atoms with Crippen LogP contribution in [0, 0.1) is 11.6 Å². The van der Waals surface area contributed by atoms with Crippen molar-refractivity contribution in [3.05, 3.63) is 94.8 Å². The van der Waals surface area contributed by atoms with Crippen LogP contribution in [-0.4, -0.2) is 24.1 Å². The van der Waals surface area contributed by atoms with E-state index in [9.17, 15) is 18.4 Å². The first-order valence-corrected chi connectivity index (χ1v) is 14.0. The first-order valence-electron chi connectivity index (χ1n) is 13.0. The Labute approximate surface area is 243 Å². The first-order chi connectivity index (χ1) is 19.7. The fourth-order valence-corrected chi connectivity index (χ4v) is 5.59. The second-order valence-corrected chi connectivity index (χ2v) is 10.9. The van der Waals surface area contributed by atoms with Crippen molar-refractivity contribution in [2.75, 3.05) is 17.7 Å². The van der Waals surface area contributed by atoms with E-state index >= 15 is 0 Å². The van der Waals surface area contributed by atoms with Gasteiger partial charge in [0.2, 0.25) is 5.91 Å². The number of nitrogens with one attached hydrogen (secondary N) is 2. The molecule has 3 aromatic carbocycles. The summed E-state index contributed by atoms with van der Waals surface area (Å²) in [7, 11) is 4.01. The number of pyridine rings is 1. The van der Waals surface area contributed by atoms with Gasteiger partial charge in [0.1, 0.15) is 5.82 Å². The number of aromatic nitrogens is 1. The zero-order valence-corrected chi connectivity index (χ0v) is 24.1. The number of carbonyl (C=O) groups is 2. The molecule has 2 heterocycles. The molecule has 5 rings (SSSR count). The standard InChI is InChI=1S/C31H27ClF2N3O3P/c1-40-31(39)36-20-7-8-23-19-12-18(13-21(41)14-19)22(4-2-3-5-28(38)37-27(23)15-20)26-11-6-17(16-35-26)29-25(33)10-9-24(32)30(29)34/h6-16,22H,2-5,41H2,1H3,(H,36,39)(H,37,38). The predicted molar refractivity (Wildman–Crippen MR) is 161 cm³/mol. The van der Waals surface area contributed by atoms with Gasteiger partial charge in [-0.05, 0) is 65.7 Å². The van der Waals surface area contributed by atoms with Crippen molar-refractivity contribution in [1.82, 2.24) is 4.98 Å². The predicted octanol–water partition coefficient (Wildman–Crippen LogP) is 7.67. The van der Waals surface area contributed by atoms with Crippen molar-refractivity contribution in [1.29, 1.82) is 0 Å². The van der Waals surface area contributed by atoms with Crippen LogP contribution in [0.3, 0.4) is 0 Å². The number of methoxy groups -OCH3 is 1. The lowest BCUT2D eigenvalue weighted by Gasteiger charge is -2.21. The molecule has 0 spiro atoms. The zero-order chi connectivity index (χ0) is 29.1. The molecule has 1 aromatic heterocycles. The van der Waals surface area contributed by atoms with Gasteiger partial charge in [-0.15, -0.1) is 9.24 Å². The molecule has 1 aliphatic heterocycles. The quantitative estimate of drug-likeness (QED) is 0.189. The minimum absolute atomic E-state index is 0.122. The number of hydrogen-bond donors (Lipinski definition) is 2. The van der Waals surface area contributed by atoms with E-state index in [2.05, 4.69) is 37.0 Å². The fraction of sp³-hybridized carbons (Fsp3) is 0.194. The zero-order valence-electron chi connectivity index (χ0n) is 22.1. The number of carbonyl (C=O) groups excluding carboxylic acids is 2. The third kappa shape index (κ3) is 6.39. The lowest BCUT2D eigenvalue weighted by atomic mass is 9.87. The molecule has 6 nitrogen and oxygen atoms in total. The summed E-state index contributed by atoms with van der Waals surface area (Å²) in [5.74, 6) is -1.79. The molecule has 0 radical (unpaired) electrons. The second kappa shape index (κ2) is 12.3. The summed E-state index contributed by atoms with van der Waals surface area (Å²) in [5, 5.41) is 6.41. The molecule has 10 heteroatoms. The van der Waals surface area contributed by atoms with Gasteiger partial charge in [-0.25, -0.2) is 13.6 Å². The van der Waals surface area contributed by atoms with Crippen molar-refractivity contribution in [3.8, 4) is 22.3 Å². The number of ether oxygens (including phenoxy) is 1. The molecule has 0 saturated heterocycles. The molecule has 2 N–H and O–H groups in total. The van der Waals surface area contributed by atoms with Crippen molar-refractivity contribution < 1.29 is 23.1 Å². The molecule has 0 aliphatic carbocycles. The topological polar surface area (TPSA) is 80.3 Å². The van der Waals surface area contributed by atoms with Crippen molar-refractivity contribution in [2.45, 2.75) is 31.6 Å². The third-order valence-electron chi connectivity index (χ3n) is 7.04. The Hall–Kier alpha value is -3.87. The van der Waals surface area contributed by atoms with Gasteiger partial charge in [0.05, 0.1) is 23.4 Å². The van der Waals surface area contributed by atoms with Gasteiger partial charge < -0.3 is 10.1 Å². The summed E-state index contributed by atoms with van der Waals surface area (Å²) in [6, 6.07) is 17.2. The number of halogens is 3. The second-order valence-electron chi connectivity index (χ2n) is 9.80. The van der Waals surface area contributed by atoms with Crippen molar-refractivity contribution in [2.24, 2.45) is 0 Å². The molecule has 4 aromatic rings. The first kappa shape index (κ1) is 28.7. The number of fused-ring (bicyclic) bond motifs is 4. The molecule has 41 heavy (non-hydrogen) atoms. The van der Waals surface area contributed by atoms with E-state index in [0.29, 0.717) is 29.8 Å². The maximum Gasteiger partial charge on any atom is 0.411 e. The molecule has 210 valence electrons. The highest BCUT2D eigenvalue weighted by atomic mass is 35.5. The Balaban J connectivity index is 1.56. The maximum absolute atomic E-state index is 14.6. The lowest BCUT2D eigenvalue weighted by Crippen LogP contribution is -2.15. The molecular weight excluding hydrogens is 567 g/mol. The number of anilines is 2. The van der Waals surface area contributed by atoms with Gasteiger partial charge in [0, 0.05) is 41.0 Å². The number of rotatable bonds is 3. The van der Waals surface area contributed by atoms with Gasteiger partial charge in [0.15, 0.2) is 5.82 Å². The van der Waals surface area contributed by atoms with E-state index in [0.717, 1.165) is 46.6 Å². The molecule has 2 unspecified atom stereocenters. The largest absolute Gasteiger partial charge is 0.453 e. The van der Waals surface area contributed by atoms with E-state index in [1.54, 1.807) is 24.3 Å². The van der Waals surface area contributed by atoms with Crippen LogP contribution in [-0.2, 0) is 9.53 Å². The summed E-state index contributed by atoms with van der Waals surface area (Å²) in [4.78, 5) is 29.2. The average molecular weight is 594 g/mol. The van der Waals surface area contributed by atoms with Crippen LogP contribution in [0.1, 0.15) is 42.9 Å². The normalized spacial score (nSPS) is 15.1. The van der Waals surface area contributed by atoms with E-state index in [4.69, 9.17) is 16.3 Å². The van der Waals surface area contributed by atoms with Crippen LogP contribution in [0.5, 0.6) is 0 Å². The minimum atomic E-state index is -0.825. The van der Waals surface area contributed by atoms with Gasteiger partial charge in [-0.1, -0.05) is 42.3 Å². The van der Waals surface area contributed by atoms with Crippen LogP contribution in [0.15, 0.2) is 66.9 Å². The minimum Gasteiger partial charge on any atom is -0.453 e. The molecule has 2 amide bonds. The number of hydrogen-bond acceptors (Lipinski definition) is 4. The summed E-state index contributed by atoms with van der Waals surface area (Å²) >= 11 is 5.90. The molecule has 0 fully saturated rings. The van der Waals surface area contributed by atoms with E-state index in [1.165, 1.54) is 19.4 Å². The van der Waals surface area contributed by atoms with E-state index in [-0.39, 0.29) is 22.4 Å². The van der Waals surface area contributed by atoms with Crippen LogP contribution < -0.4 is 15.9 Å². The number of amides is 2. The Morgan fingerprint density at radius 3 is 2.66 bits per heavy atom. The molecule has 2 atom stereocenters. The maximum atomic E-state index is 14.6. The number of benzene rings is 3. The van der Waals surface area contributed by atoms with Crippen LogP contribution in [0.25, 0.3) is 22.3 Å². The average Bonchev–Trinajstić information content (AvgIpc) is 2.95. The Bertz CT molecular complexity index is 1630. The van der Waals surface area contributed by atoms with Crippen LogP contribution in [0.2, 0.25) is 5.02 Å². The highest BCUT2D eigenvalue weighted by Crippen LogP contribution is 2.37. The Morgan fingerprint density at radius 1 is 1.07 bits per heavy atom. The molecular formula is C31H27ClF2N3O3P. The van der Waals surface area contributed by atoms with Gasteiger partial charge in [0.25, 0.3) is 0 Å². The smallest absolute Gasteiger partial charge is 0.411 e. The van der Waals surface area contributed by atoms with Gasteiger partial charge >= 0.3 is 6.09 Å². The SMILES string of the molecule is COC(=O)Nc1ccc2c(c1)NC(=O)CCCCC(c1ccc(-c3c(F)ccc(Cl)c3F)cn1)c1cc(P)cc-2c1. The highest BCUT2D eigenvalue weighted by molar-refractivity contribution is 7.27. The third-order valence-corrected chi connectivity index (χ3v) is 7.66. The molecule has 0 saturated carbocycles. The lowest BCUT2D eigenvalue weighted by molar-refractivity contribution is -0.116. The summed E-state index contributed by atoms with van der Waals surface area (Å²) in [5.41, 5.74) is 4.55. The molecule has 2 bridgehead atoms. The summed E-state index contributed by atoms with van der Waals surface area (Å²) in [6.07, 6.45) is 3.31. The highest BCUT2D eigenvalue weighted by Gasteiger charge is 2.21. The van der Waals surface area contributed by atoms with Gasteiger partial charge in [-0.3, -0.25) is 15.1 Å². The summed E-state index contributed by atoms with van der Waals surface area (Å²) in [6.45, 7) is 0. The fourth-order valence-electron chi connectivity index (χ4n) is 5.06. The monoisotopic (exact) mass is 593 g/mol. The van der Waals surface area contributed by atoms with Crippen molar-refractivity contribution >= 4 is 49.5 Å². The van der Waals surface area contributed by atoms with E-state index < -0.39 is 17.7 Å². The Kier molecular flexibility index (Phi) is 8.62. The van der Waals surface area contributed by atoms with Crippen LogP contribution >= 0.6 is 20.8 Å². The number of nitrogens with zero attached hydrogens (tertiary/aromatic N) is 1. The molecule has 1 aliphatic rings. The Morgan fingerprint density at radius 2 is 1.90 bits per heavy atom.